The lowest BCUT2D eigenvalue weighted by Crippen LogP contribution is -2.16. The summed E-state index contributed by atoms with van der Waals surface area (Å²) in [7, 11) is 1.49. The van der Waals surface area contributed by atoms with Crippen molar-refractivity contribution in [1.82, 2.24) is 0 Å². The maximum atomic E-state index is 13.6. The van der Waals surface area contributed by atoms with Gasteiger partial charge in [0.15, 0.2) is 12.6 Å². The number of nitrogens with two attached hydrogens (primary N) is 2. The van der Waals surface area contributed by atoms with Gasteiger partial charge in [0, 0.05) is 36.6 Å². The summed E-state index contributed by atoms with van der Waals surface area (Å²) in [6.45, 7) is 3.78. The molecular formula is C29H36ClFN4O5. The summed E-state index contributed by atoms with van der Waals surface area (Å²) in [6.07, 6.45) is 4.26. The lowest BCUT2D eigenvalue weighted by molar-refractivity contribution is 0.0513. The second kappa shape index (κ2) is 19.9. The van der Waals surface area contributed by atoms with E-state index in [-0.39, 0.29) is 31.5 Å². The van der Waals surface area contributed by atoms with Gasteiger partial charge in [-0.3, -0.25) is 10.3 Å². The van der Waals surface area contributed by atoms with Crippen LogP contribution in [0.1, 0.15) is 13.8 Å². The molecule has 3 rings (SSSR count). The highest BCUT2D eigenvalue weighted by atomic mass is 35.5. The fourth-order valence-electron chi connectivity index (χ4n) is 2.78. The Hall–Kier alpha value is -4.09. The first kappa shape index (κ1) is 33.9. The van der Waals surface area contributed by atoms with Crippen LogP contribution < -0.4 is 26.4 Å². The Labute approximate surface area is 239 Å². The Kier molecular flexibility index (Phi) is 16.9. The van der Waals surface area contributed by atoms with E-state index < -0.39 is 5.82 Å². The molecule has 0 heterocycles. The molecule has 0 spiro atoms. The molecule has 11 heteroatoms. The molecular weight excluding hydrogens is 539 g/mol. The summed E-state index contributed by atoms with van der Waals surface area (Å²) >= 11 is 5.87. The van der Waals surface area contributed by atoms with Crippen LogP contribution in [0.25, 0.3) is 11.1 Å². The van der Waals surface area contributed by atoms with Crippen LogP contribution in [0, 0.1) is 11.2 Å². The number of hydrogen-bond donors (Lipinski definition) is 5. The number of anilines is 1. The van der Waals surface area contributed by atoms with Gasteiger partial charge in [-0.15, -0.1) is 0 Å². The molecule has 216 valence electrons. The minimum Gasteiger partial charge on any atom is -0.467 e. The second-order valence-electron chi connectivity index (χ2n) is 7.58. The molecule has 0 fully saturated rings. The van der Waals surface area contributed by atoms with E-state index in [1.165, 1.54) is 25.4 Å². The number of ether oxygens (including phenoxy) is 3. The molecule has 40 heavy (non-hydrogen) atoms. The van der Waals surface area contributed by atoms with Crippen molar-refractivity contribution in [3.8, 4) is 22.6 Å². The zero-order valence-corrected chi connectivity index (χ0v) is 23.5. The normalized spacial score (nSPS) is 10.8. The van der Waals surface area contributed by atoms with Crippen molar-refractivity contribution in [3.05, 3.63) is 101 Å². The monoisotopic (exact) mass is 574 g/mol. The first-order valence-corrected chi connectivity index (χ1v) is 12.5. The predicted molar refractivity (Wildman–Crippen MR) is 158 cm³/mol. The van der Waals surface area contributed by atoms with E-state index >= 15 is 0 Å². The maximum Gasteiger partial charge on any atom is 0.188 e. The fourth-order valence-corrected chi connectivity index (χ4v) is 2.90. The van der Waals surface area contributed by atoms with E-state index in [0.29, 0.717) is 27.8 Å². The Morgan fingerprint density at radius 3 is 2.27 bits per heavy atom. The highest BCUT2D eigenvalue weighted by Gasteiger charge is 2.11. The topological polar surface area (TPSA) is 145 Å². The molecule has 9 nitrogen and oxygen atoms in total. The van der Waals surface area contributed by atoms with Crippen LogP contribution in [0.15, 0.2) is 90.5 Å². The van der Waals surface area contributed by atoms with Crippen LogP contribution in [0.3, 0.4) is 0 Å². The van der Waals surface area contributed by atoms with Gasteiger partial charge in [-0.25, -0.2) is 4.39 Å². The Morgan fingerprint density at radius 2 is 1.73 bits per heavy atom. The van der Waals surface area contributed by atoms with E-state index in [0.717, 1.165) is 11.8 Å². The first-order chi connectivity index (χ1) is 19.3. The van der Waals surface area contributed by atoms with Crippen molar-refractivity contribution in [1.29, 1.82) is 5.41 Å². The lowest BCUT2D eigenvalue weighted by Gasteiger charge is -2.14. The van der Waals surface area contributed by atoms with E-state index in [1.807, 2.05) is 6.92 Å². The number of halogens is 2. The van der Waals surface area contributed by atoms with Gasteiger partial charge in [0.05, 0.1) is 11.4 Å². The minimum absolute atomic E-state index is 0.00123. The van der Waals surface area contributed by atoms with Crippen LogP contribution in [0.5, 0.6) is 11.5 Å². The first-order valence-electron chi connectivity index (χ1n) is 12.1. The van der Waals surface area contributed by atoms with Crippen LogP contribution in [0.4, 0.5) is 10.1 Å². The molecule has 0 amide bonds. The van der Waals surface area contributed by atoms with Crippen LogP contribution in [0.2, 0.25) is 5.02 Å². The van der Waals surface area contributed by atoms with Crippen molar-refractivity contribution in [2.24, 2.45) is 11.5 Å². The second-order valence-corrected chi connectivity index (χ2v) is 8.02. The van der Waals surface area contributed by atoms with Gasteiger partial charge in [0.25, 0.3) is 0 Å². The SMILES string of the molecule is C/C=C/N.CCO.COCOc1cc(F)ccc1-c1ccc(O/C(CONc2ccc(Cl)cc2)=C(\N)C=N)cc1. The molecule has 0 aliphatic carbocycles. The van der Waals surface area contributed by atoms with Gasteiger partial charge >= 0.3 is 0 Å². The molecule has 0 aliphatic rings. The quantitative estimate of drug-likeness (QED) is 0.0830. The minimum atomic E-state index is -0.408. The van der Waals surface area contributed by atoms with Crippen molar-refractivity contribution in [3.63, 3.8) is 0 Å². The highest BCUT2D eigenvalue weighted by molar-refractivity contribution is 6.30. The number of methoxy groups -OCH3 is 1. The summed E-state index contributed by atoms with van der Waals surface area (Å²) in [5.74, 6) is 0.690. The number of allylic oxidation sites excluding steroid dienone is 2. The maximum absolute atomic E-state index is 13.6. The van der Waals surface area contributed by atoms with Crippen LogP contribution in [-0.4, -0.2) is 38.4 Å². The molecule has 0 saturated heterocycles. The van der Waals surface area contributed by atoms with Gasteiger partial charge in [-0.2, -0.15) is 0 Å². The Balaban J connectivity index is 0.00000103. The van der Waals surface area contributed by atoms with Crippen molar-refractivity contribution in [2.75, 3.05) is 32.6 Å². The van der Waals surface area contributed by atoms with Crippen LogP contribution >= 0.6 is 11.6 Å². The standard InChI is InChI=1S/C24H23ClFN3O4.C3H7N.C2H6O/c1-30-15-31-23-12-18(26)6-11-21(23)16-2-9-20(10-3-16)33-24(22(28)13-27)14-32-29-19-7-4-17(25)5-8-19;1-2-3-4;1-2-3/h2-13,27,29H,14-15,28H2,1H3;2-3H,4H2,1H3;3H,2H2,1H3/b24-22-,27-13?;3-2+;. The number of benzene rings is 3. The molecule has 0 bridgehead atoms. The summed E-state index contributed by atoms with van der Waals surface area (Å²) in [5, 5.41) is 15.6. The van der Waals surface area contributed by atoms with Crippen molar-refractivity contribution < 1.29 is 28.5 Å². The van der Waals surface area contributed by atoms with Gasteiger partial charge < -0.3 is 36.2 Å². The molecule has 3 aromatic carbocycles. The molecule has 0 aliphatic heterocycles. The summed E-state index contributed by atoms with van der Waals surface area (Å²) in [6, 6.07) is 18.3. The lowest BCUT2D eigenvalue weighted by atomic mass is 10.0. The molecule has 0 atom stereocenters. The average molecular weight is 575 g/mol. The van der Waals surface area contributed by atoms with E-state index in [1.54, 1.807) is 67.6 Å². The fraction of sp³-hybridized carbons (Fsp3) is 0.207. The Bertz CT molecular complexity index is 1200. The number of aliphatic hydroxyl groups excluding tert-OH is 1. The van der Waals surface area contributed by atoms with Gasteiger partial charge in [0.1, 0.15) is 23.9 Å². The van der Waals surface area contributed by atoms with Crippen molar-refractivity contribution in [2.45, 2.75) is 13.8 Å². The third kappa shape index (κ3) is 12.6. The zero-order chi connectivity index (χ0) is 29.8. The third-order valence-electron chi connectivity index (χ3n) is 4.59. The predicted octanol–water partition coefficient (Wildman–Crippen LogP) is 5.85. The number of nitrogens with one attached hydrogen (secondary N) is 2. The third-order valence-corrected chi connectivity index (χ3v) is 4.84. The highest BCUT2D eigenvalue weighted by Crippen LogP contribution is 2.32. The number of hydrogen-bond acceptors (Lipinski definition) is 9. The van der Waals surface area contributed by atoms with E-state index in [9.17, 15) is 4.39 Å². The number of rotatable bonds is 11. The van der Waals surface area contributed by atoms with Crippen molar-refractivity contribution >= 4 is 23.5 Å². The Morgan fingerprint density at radius 1 is 1.10 bits per heavy atom. The average Bonchev–Trinajstić information content (AvgIpc) is 2.97. The summed E-state index contributed by atoms with van der Waals surface area (Å²) in [4.78, 5) is 5.45. The molecule has 0 radical (unpaired) electrons. The van der Waals surface area contributed by atoms with Gasteiger partial charge in [0.2, 0.25) is 0 Å². The van der Waals surface area contributed by atoms with Gasteiger partial charge in [-0.05, 0) is 74.1 Å². The number of aliphatic hydroxyl groups is 1. The summed E-state index contributed by atoms with van der Waals surface area (Å²) in [5.41, 5.74) is 15.8. The van der Waals surface area contributed by atoms with E-state index in [4.69, 9.17) is 52.6 Å². The van der Waals surface area contributed by atoms with Gasteiger partial charge in [-0.1, -0.05) is 29.8 Å². The molecule has 0 saturated carbocycles. The molecule has 7 N–H and O–H groups in total. The molecule has 0 aromatic heterocycles. The smallest absolute Gasteiger partial charge is 0.188 e. The van der Waals surface area contributed by atoms with Crippen LogP contribution in [-0.2, 0) is 9.57 Å². The molecule has 0 unspecified atom stereocenters. The zero-order valence-electron chi connectivity index (χ0n) is 22.7. The summed E-state index contributed by atoms with van der Waals surface area (Å²) < 4.78 is 29.9. The van der Waals surface area contributed by atoms with E-state index in [2.05, 4.69) is 5.48 Å². The largest absolute Gasteiger partial charge is 0.467 e. The molecule has 3 aromatic rings.